The first-order chi connectivity index (χ1) is 8.70. The van der Waals surface area contributed by atoms with Crippen LogP contribution in [0.25, 0.3) is 0 Å². The highest BCUT2D eigenvalue weighted by Gasteiger charge is 2.20. The zero-order chi connectivity index (χ0) is 13.0. The van der Waals surface area contributed by atoms with Gasteiger partial charge in [0.05, 0.1) is 0 Å². The summed E-state index contributed by atoms with van der Waals surface area (Å²) in [5, 5.41) is 3.38. The highest BCUT2D eigenvalue weighted by Crippen LogP contribution is 2.29. The summed E-state index contributed by atoms with van der Waals surface area (Å²) in [7, 11) is 2.16. The Bertz CT molecular complexity index is 391. The highest BCUT2D eigenvalue weighted by atomic mass is 79.9. The molecule has 1 aromatic rings. The maximum absolute atomic E-state index is 4.58. The Labute approximate surface area is 118 Å². The standard InChI is InChI=1S/C14H22BrN3/c1-3-16-8-12-7-13(15)9-17-14(12)18(2)10-11-5-4-6-11/h7,9,11,16H,3-6,8,10H2,1-2H3. The van der Waals surface area contributed by atoms with Gasteiger partial charge in [-0.25, -0.2) is 4.98 Å². The first kappa shape index (κ1) is 13.8. The molecule has 0 bridgehead atoms. The molecule has 4 heteroatoms. The van der Waals surface area contributed by atoms with E-state index in [0.717, 1.165) is 35.8 Å². The normalized spacial score (nSPS) is 15.5. The third-order valence-corrected chi connectivity index (χ3v) is 4.03. The fourth-order valence-electron chi connectivity index (χ4n) is 2.36. The molecule has 2 rings (SSSR count). The molecule has 1 fully saturated rings. The van der Waals surface area contributed by atoms with E-state index >= 15 is 0 Å². The largest absolute Gasteiger partial charge is 0.359 e. The fraction of sp³-hybridized carbons (Fsp3) is 0.643. The molecule has 1 aliphatic rings. The number of nitrogens with one attached hydrogen (secondary N) is 1. The highest BCUT2D eigenvalue weighted by molar-refractivity contribution is 9.10. The van der Waals surface area contributed by atoms with E-state index < -0.39 is 0 Å². The molecule has 1 aromatic heterocycles. The van der Waals surface area contributed by atoms with Crippen LogP contribution in [0.5, 0.6) is 0 Å². The fourth-order valence-corrected chi connectivity index (χ4v) is 2.74. The lowest BCUT2D eigenvalue weighted by Gasteiger charge is -2.31. The van der Waals surface area contributed by atoms with Crippen molar-refractivity contribution in [1.82, 2.24) is 10.3 Å². The van der Waals surface area contributed by atoms with Gasteiger partial charge in [0.15, 0.2) is 0 Å². The number of aromatic nitrogens is 1. The van der Waals surface area contributed by atoms with Gasteiger partial charge in [-0.2, -0.15) is 0 Å². The summed E-state index contributed by atoms with van der Waals surface area (Å²) in [5.41, 5.74) is 1.27. The van der Waals surface area contributed by atoms with Crippen LogP contribution in [-0.4, -0.2) is 25.1 Å². The molecule has 0 aromatic carbocycles. The minimum Gasteiger partial charge on any atom is -0.359 e. The summed E-state index contributed by atoms with van der Waals surface area (Å²) in [6.07, 6.45) is 6.05. The lowest BCUT2D eigenvalue weighted by atomic mass is 9.85. The molecule has 1 aliphatic carbocycles. The van der Waals surface area contributed by atoms with Gasteiger partial charge in [0, 0.05) is 36.4 Å². The lowest BCUT2D eigenvalue weighted by Crippen LogP contribution is -2.31. The van der Waals surface area contributed by atoms with Gasteiger partial charge in [-0.05, 0) is 47.3 Å². The van der Waals surface area contributed by atoms with E-state index in [4.69, 9.17) is 0 Å². The summed E-state index contributed by atoms with van der Waals surface area (Å²) in [5.74, 6) is 1.98. The van der Waals surface area contributed by atoms with Crippen LogP contribution >= 0.6 is 15.9 Å². The van der Waals surface area contributed by atoms with Crippen LogP contribution in [-0.2, 0) is 6.54 Å². The van der Waals surface area contributed by atoms with Gasteiger partial charge >= 0.3 is 0 Å². The molecule has 18 heavy (non-hydrogen) atoms. The van der Waals surface area contributed by atoms with Crippen LogP contribution in [0.4, 0.5) is 5.82 Å². The Balaban J connectivity index is 2.08. The average molecular weight is 312 g/mol. The number of nitrogens with zero attached hydrogens (tertiary/aromatic N) is 2. The molecule has 0 spiro atoms. The molecule has 0 unspecified atom stereocenters. The summed E-state index contributed by atoms with van der Waals surface area (Å²) in [6.45, 7) is 5.13. The van der Waals surface area contributed by atoms with E-state index in [0.29, 0.717) is 0 Å². The van der Waals surface area contributed by atoms with Gasteiger partial charge in [0.25, 0.3) is 0 Å². The van der Waals surface area contributed by atoms with Gasteiger partial charge in [-0.15, -0.1) is 0 Å². The molecule has 1 N–H and O–H groups in total. The molecule has 0 atom stereocenters. The number of hydrogen-bond acceptors (Lipinski definition) is 3. The van der Waals surface area contributed by atoms with Gasteiger partial charge < -0.3 is 10.2 Å². The Morgan fingerprint density at radius 3 is 2.89 bits per heavy atom. The summed E-state index contributed by atoms with van der Waals surface area (Å²) in [6, 6.07) is 2.17. The molecule has 3 nitrogen and oxygen atoms in total. The molecule has 0 aliphatic heterocycles. The molecular weight excluding hydrogens is 290 g/mol. The third-order valence-electron chi connectivity index (χ3n) is 3.59. The van der Waals surface area contributed by atoms with Crippen LogP contribution in [0.1, 0.15) is 31.7 Å². The van der Waals surface area contributed by atoms with Crippen LogP contribution in [0.15, 0.2) is 16.7 Å². The van der Waals surface area contributed by atoms with Crippen molar-refractivity contribution in [2.45, 2.75) is 32.7 Å². The van der Waals surface area contributed by atoms with Crippen molar-refractivity contribution in [2.24, 2.45) is 5.92 Å². The molecule has 0 radical (unpaired) electrons. The predicted molar refractivity (Wildman–Crippen MR) is 79.9 cm³/mol. The molecule has 1 saturated carbocycles. The SMILES string of the molecule is CCNCc1cc(Br)cnc1N(C)CC1CCC1. The summed E-state index contributed by atoms with van der Waals surface area (Å²) < 4.78 is 1.05. The monoisotopic (exact) mass is 311 g/mol. The molecule has 1 heterocycles. The topological polar surface area (TPSA) is 28.2 Å². The second-order valence-corrected chi connectivity index (χ2v) is 6.01. The number of rotatable bonds is 6. The lowest BCUT2D eigenvalue weighted by molar-refractivity contribution is 0.321. The molecular formula is C14H22BrN3. The predicted octanol–water partition coefficient (Wildman–Crippen LogP) is 3.19. The third kappa shape index (κ3) is 3.45. The van der Waals surface area contributed by atoms with E-state index in [1.54, 1.807) is 0 Å². The van der Waals surface area contributed by atoms with Crippen LogP contribution in [0.2, 0.25) is 0 Å². The van der Waals surface area contributed by atoms with Gasteiger partial charge in [-0.1, -0.05) is 13.3 Å². The smallest absolute Gasteiger partial charge is 0.132 e. The molecule has 0 amide bonds. The van der Waals surface area contributed by atoms with Crippen LogP contribution in [0.3, 0.4) is 0 Å². The van der Waals surface area contributed by atoms with Crippen molar-refractivity contribution in [3.05, 3.63) is 22.3 Å². The Hall–Kier alpha value is -0.610. The van der Waals surface area contributed by atoms with E-state index in [9.17, 15) is 0 Å². The summed E-state index contributed by atoms with van der Waals surface area (Å²) >= 11 is 3.50. The van der Waals surface area contributed by atoms with E-state index in [2.05, 4.69) is 51.2 Å². The van der Waals surface area contributed by atoms with Gasteiger partial charge in [-0.3, -0.25) is 0 Å². The number of halogens is 1. The molecule has 100 valence electrons. The number of anilines is 1. The Morgan fingerprint density at radius 1 is 1.50 bits per heavy atom. The van der Waals surface area contributed by atoms with Crippen molar-refractivity contribution in [3.63, 3.8) is 0 Å². The molecule has 0 saturated heterocycles. The quantitative estimate of drug-likeness (QED) is 0.874. The van der Waals surface area contributed by atoms with E-state index in [-0.39, 0.29) is 0 Å². The van der Waals surface area contributed by atoms with Crippen LogP contribution in [0, 0.1) is 5.92 Å². The first-order valence-electron chi connectivity index (χ1n) is 6.77. The maximum Gasteiger partial charge on any atom is 0.132 e. The van der Waals surface area contributed by atoms with Crippen molar-refractivity contribution in [1.29, 1.82) is 0 Å². The Morgan fingerprint density at radius 2 is 2.28 bits per heavy atom. The summed E-state index contributed by atoms with van der Waals surface area (Å²) in [4.78, 5) is 6.89. The first-order valence-corrected chi connectivity index (χ1v) is 7.56. The van der Waals surface area contributed by atoms with Crippen molar-refractivity contribution in [3.8, 4) is 0 Å². The maximum atomic E-state index is 4.58. The van der Waals surface area contributed by atoms with E-state index in [1.165, 1.54) is 24.8 Å². The van der Waals surface area contributed by atoms with Crippen molar-refractivity contribution in [2.75, 3.05) is 25.0 Å². The minimum atomic E-state index is 0.868. The zero-order valence-electron chi connectivity index (χ0n) is 11.2. The van der Waals surface area contributed by atoms with Gasteiger partial charge in [0.2, 0.25) is 0 Å². The van der Waals surface area contributed by atoms with Crippen molar-refractivity contribution < 1.29 is 0 Å². The Kier molecular flexibility index (Phi) is 5.01. The zero-order valence-corrected chi connectivity index (χ0v) is 12.8. The average Bonchev–Trinajstić information content (AvgIpc) is 2.31. The van der Waals surface area contributed by atoms with Gasteiger partial charge in [0.1, 0.15) is 5.82 Å². The second kappa shape index (κ2) is 6.53. The number of pyridine rings is 1. The van der Waals surface area contributed by atoms with Crippen molar-refractivity contribution >= 4 is 21.7 Å². The number of hydrogen-bond donors (Lipinski definition) is 1. The minimum absolute atomic E-state index is 0.868. The van der Waals surface area contributed by atoms with Crippen LogP contribution < -0.4 is 10.2 Å². The van der Waals surface area contributed by atoms with E-state index in [1.807, 2.05) is 6.20 Å². The second-order valence-electron chi connectivity index (χ2n) is 5.09.